The molecule has 1 saturated heterocycles. The standard InChI is InChI=1S/C18H25NO3/c1-12(2)14-11-22-17(21)19(14)16(20)15(18(3,4)5)13-9-7-6-8-10-13/h6-10,12,14-15H,11H2,1-5H3/t14-,15+/m0/s1. The molecule has 2 rings (SSSR count). The number of hydrogen-bond acceptors (Lipinski definition) is 3. The molecule has 4 heteroatoms. The van der Waals surface area contributed by atoms with Crippen molar-refractivity contribution in [2.45, 2.75) is 46.6 Å². The van der Waals surface area contributed by atoms with Crippen LogP contribution >= 0.6 is 0 Å². The van der Waals surface area contributed by atoms with Crippen molar-refractivity contribution in [3.8, 4) is 0 Å². The van der Waals surface area contributed by atoms with Gasteiger partial charge in [-0.3, -0.25) is 4.79 Å². The molecule has 2 atom stereocenters. The molecule has 0 radical (unpaired) electrons. The van der Waals surface area contributed by atoms with Crippen molar-refractivity contribution in [2.24, 2.45) is 11.3 Å². The molecule has 4 nitrogen and oxygen atoms in total. The first-order chi connectivity index (χ1) is 10.2. The summed E-state index contributed by atoms with van der Waals surface area (Å²) in [6.45, 7) is 10.4. The highest BCUT2D eigenvalue weighted by Gasteiger charge is 2.45. The minimum absolute atomic E-state index is 0.167. The monoisotopic (exact) mass is 303 g/mol. The highest BCUT2D eigenvalue weighted by molar-refractivity contribution is 5.97. The van der Waals surface area contributed by atoms with Gasteiger partial charge < -0.3 is 4.74 Å². The second kappa shape index (κ2) is 6.11. The summed E-state index contributed by atoms with van der Waals surface area (Å²) in [4.78, 5) is 26.5. The molecule has 0 aromatic heterocycles. The van der Waals surface area contributed by atoms with Crippen LogP contribution in [0.25, 0.3) is 0 Å². The van der Waals surface area contributed by atoms with Gasteiger partial charge in [0.1, 0.15) is 6.61 Å². The molecule has 22 heavy (non-hydrogen) atoms. The Labute approximate surface area is 132 Å². The normalized spacial score (nSPS) is 20.2. The topological polar surface area (TPSA) is 46.6 Å². The van der Waals surface area contributed by atoms with Crippen molar-refractivity contribution in [3.63, 3.8) is 0 Å². The largest absolute Gasteiger partial charge is 0.447 e. The van der Waals surface area contributed by atoms with Gasteiger partial charge in [-0.25, -0.2) is 9.69 Å². The van der Waals surface area contributed by atoms with Crippen LogP contribution in [0.5, 0.6) is 0 Å². The van der Waals surface area contributed by atoms with E-state index in [0.717, 1.165) is 5.56 Å². The summed E-state index contributed by atoms with van der Waals surface area (Å²) in [5.41, 5.74) is 0.644. The average Bonchev–Trinajstić information content (AvgIpc) is 2.80. The molecule has 0 aliphatic carbocycles. The molecule has 0 saturated carbocycles. The predicted octanol–water partition coefficient (Wildman–Crippen LogP) is 3.82. The number of imide groups is 1. The summed E-state index contributed by atoms with van der Waals surface area (Å²) in [5.74, 6) is -0.368. The minimum Gasteiger partial charge on any atom is -0.447 e. The molecule has 0 spiro atoms. The zero-order valence-electron chi connectivity index (χ0n) is 14.0. The number of cyclic esters (lactones) is 1. The fourth-order valence-electron chi connectivity index (χ4n) is 2.98. The predicted molar refractivity (Wildman–Crippen MR) is 85.5 cm³/mol. The second-order valence-corrected chi connectivity index (χ2v) is 7.31. The van der Waals surface area contributed by atoms with Gasteiger partial charge in [0.05, 0.1) is 12.0 Å². The second-order valence-electron chi connectivity index (χ2n) is 7.31. The van der Waals surface area contributed by atoms with Crippen LogP contribution in [0.3, 0.4) is 0 Å². The van der Waals surface area contributed by atoms with Crippen molar-refractivity contribution in [3.05, 3.63) is 35.9 Å². The molecular weight excluding hydrogens is 278 g/mol. The molecule has 0 bridgehead atoms. The molecule has 1 heterocycles. The van der Waals surface area contributed by atoms with E-state index in [-0.39, 0.29) is 35.8 Å². The van der Waals surface area contributed by atoms with Gasteiger partial charge in [-0.2, -0.15) is 0 Å². The van der Waals surface area contributed by atoms with Crippen LogP contribution in [0.15, 0.2) is 30.3 Å². The molecule has 1 aromatic rings. The smallest absolute Gasteiger partial charge is 0.417 e. The van der Waals surface area contributed by atoms with Crippen LogP contribution in [0.4, 0.5) is 4.79 Å². The van der Waals surface area contributed by atoms with Crippen LogP contribution in [0.2, 0.25) is 0 Å². The van der Waals surface area contributed by atoms with Crippen LogP contribution in [-0.2, 0) is 9.53 Å². The number of carbonyl (C=O) groups is 2. The summed E-state index contributed by atoms with van der Waals surface area (Å²) in [6.07, 6.45) is -0.520. The third-order valence-electron chi connectivity index (χ3n) is 4.16. The Morgan fingerprint density at radius 1 is 1.23 bits per heavy atom. The maximum atomic E-state index is 13.1. The van der Waals surface area contributed by atoms with Gasteiger partial charge in [0.25, 0.3) is 0 Å². The third-order valence-corrected chi connectivity index (χ3v) is 4.16. The first-order valence-corrected chi connectivity index (χ1v) is 7.78. The number of nitrogens with zero attached hydrogens (tertiary/aromatic N) is 1. The Bertz CT molecular complexity index is 545. The molecular formula is C18H25NO3. The van der Waals surface area contributed by atoms with Crippen LogP contribution in [0.1, 0.15) is 46.1 Å². The average molecular weight is 303 g/mol. The summed E-state index contributed by atoms with van der Waals surface area (Å²) >= 11 is 0. The summed E-state index contributed by atoms with van der Waals surface area (Å²) < 4.78 is 5.13. The van der Waals surface area contributed by atoms with E-state index in [0.29, 0.717) is 0 Å². The molecule has 1 fully saturated rings. The molecule has 0 unspecified atom stereocenters. The number of carbonyl (C=O) groups excluding carboxylic acids is 2. The Hall–Kier alpha value is -1.84. The fourth-order valence-corrected chi connectivity index (χ4v) is 2.98. The number of hydrogen-bond donors (Lipinski definition) is 0. The molecule has 2 amide bonds. The van der Waals surface area contributed by atoms with E-state index in [1.807, 2.05) is 65.0 Å². The van der Waals surface area contributed by atoms with Crippen molar-refractivity contribution in [1.82, 2.24) is 4.90 Å². The highest BCUT2D eigenvalue weighted by atomic mass is 16.6. The van der Waals surface area contributed by atoms with Gasteiger partial charge in [-0.1, -0.05) is 65.0 Å². The number of ether oxygens (including phenoxy) is 1. The van der Waals surface area contributed by atoms with E-state index in [9.17, 15) is 9.59 Å². The van der Waals surface area contributed by atoms with Gasteiger partial charge >= 0.3 is 6.09 Å². The molecule has 1 aliphatic rings. The SMILES string of the molecule is CC(C)[C@@H]1COC(=O)N1C(=O)[C@@H](c1ccccc1)C(C)(C)C. The lowest BCUT2D eigenvalue weighted by atomic mass is 9.75. The molecule has 1 aromatic carbocycles. The maximum absolute atomic E-state index is 13.1. The molecule has 120 valence electrons. The quantitative estimate of drug-likeness (QED) is 0.853. The van der Waals surface area contributed by atoms with Crippen molar-refractivity contribution < 1.29 is 14.3 Å². The lowest BCUT2D eigenvalue weighted by Gasteiger charge is -2.34. The number of benzene rings is 1. The zero-order chi connectivity index (χ0) is 16.5. The van der Waals surface area contributed by atoms with E-state index < -0.39 is 6.09 Å². The zero-order valence-corrected chi connectivity index (χ0v) is 14.0. The minimum atomic E-state index is -0.520. The first-order valence-electron chi connectivity index (χ1n) is 7.78. The molecule has 0 N–H and O–H groups in total. The van der Waals surface area contributed by atoms with Crippen molar-refractivity contribution in [1.29, 1.82) is 0 Å². The van der Waals surface area contributed by atoms with Crippen LogP contribution < -0.4 is 0 Å². The van der Waals surface area contributed by atoms with E-state index in [4.69, 9.17) is 4.74 Å². The Balaban J connectivity index is 2.40. The van der Waals surface area contributed by atoms with Crippen molar-refractivity contribution >= 4 is 12.0 Å². The lowest BCUT2D eigenvalue weighted by molar-refractivity contribution is -0.133. The first kappa shape index (κ1) is 16.5. The van der Waals surface area contributed by atoms with Gasteiger partial charge in [-0.05, 0) is 16.9 Å². The summed E-state index contributed by atoms with van der Waals surface area (Å²) in [7, 11) is 0. The Morgan fingerprint density at radius 2 is 1.82 bits per heavy atom. The van der Waals surface area contributed by atoms with Gasteiger partial charge in [-0.15, -0.1) is 0 Å². The fraction of sp³-hybridized carbons (Fsp3) is 0.556. The van der Waals surface area contributed by atoms with E-state index in [1.165, 1.54) is 4.90 Å². The number of rotatable bonds is 3. The van der Waals surface area contributed by atoms with Crippen LogP contribution in [0, 0.1) is 11.3 Å². The third kappa shape index (κ3) is 3.16. The van der Waals surface area contributed by atoms with Gasteiger partial charge in [0.2, 0.25) is 5.91 Å². The number of amides is 2. The molecule has 1 aliphatic heterocycles. The Kier molecular flexibility index (Phi) is 4.59. The summed E-state index contributed by atoms with van der Waals surface area (Å²) in [6, 6.07) is 9.47. The van der Waals surface area contributed by atoms with Gasteiger partial charge in [0.15, 0.2) is 0 Å². The van der Waals surface area contributed by atoms with E-state index in [2.05, 4.69) is 0 Å². The Morgan fingerprint density at radius 3 is 2.32 bits per heavy atom. The van der Waals surface area contributed by atoms with Crippen LogP contribution in [-0.4, -0.2) is 29.5 Å². The van der Waals surface area contributed by atoms with Crippen molar-refractivity contribution in [2.75, 3.05) is 6.61 Å². The highest BCUT2D eigenvalue weighted by Crippen LogP contribution is 2.38. The summed E-state index contributed by atoms with van der Waals surface area (Å²) in [5, 5.41) is 0. The maximum Gasteiger partial charge on any atom is 0.417 e. The van der Waals surface area contributed by atoms with E-state index in [1.54, 1.807) is 0 Å². The van der Waals surface area contributed by atoms with E-state index >= 15 is 0 Å². The van der Waals surface area contributed by atoms with Gasteiger partial charge in [0, 0.05) is 0 Å². The lowest BCUT2D eigenvalue weighted by Crippen LogP contribution is -2.46.